The van der Waals surface area contributed by atoms with Crippen molar-refractivity contribution in [1.29, 1.82) is 0 Å². The zero-order valence-electron chi connectivity index (χ0n) is 10.9. The minimum Gasteiger partial charge on any atom is -0.454 e. The van der Waals surface area contributed by atoms with E-state index in [0.29, 0.717) is 11.7 Å². The monoisotopic (exact) mass is 290 g/mol. The first-order chi connectivity index (χ1) is 9.72. The van der Waals surface area contributed by atoms with Gasteiger partial charge in [0.2, 0.25) is 6.79 Å². The van der Waals surface area contributed by atoms with E-state index >= 15 is 0 Å². The fraction of sp³-hybridized carbons (Fsp3) is 0.231. The van der Waals surface area contributed by atoms with Crippen LogP contribution in [0.25, 0.3) is 0 Å². The van der Waals surface area contributed by atoms with Crippen molar-refractivity contribution in [1.82, 2.24) is 15.1 Å². The van der Waals surface area contributed by atoms with Gasteiger partial charge in [-0.25, -0.2) is 0 Å². The molecule has 2 aromatic rings. The molecule has 1 aliphatic heterocycles. The SMILES string of the molecule is Cn1nccc1CNC(=S)Nc1ccc2c(c1)OCO2. The zero-order valence-corrected chi connectivity index (χ0v) is 11.7. The number of aromatic nitrogens is 2. The Morgan fingerprint density at radius 2 is 2.20 bits per heavy atom. The molecule has 0 radical (unpaired) electrons. The smallest absolute Gasteiger partial charge is 0.231 e. The largest absolute Gasteiger partial charge is 0.454 e. The number of hydrogen-bond donors (Lipinski definition) is 2. The molecule has 0 unspecified atom stereocenters. The average molecular weight is 290 g/mol. The van der Waals surface area contributed by atoms with Gasteiger partial charge in [0, 0.05) is 25.0 Å². The van der Waals surface area contributed by atoms with Crippen LogP contribution in [0.5, 0.6) is 11.5 Å². The molecule has 2 heterocycles. The summed E-state index contributed by atoms with van der Waals surface area (Å²) in [5.41, 5.74) is 1.91. The lowest BCUT2D eigenvalue weighted by molar-refractivity contribution is 0.174. The quantitative estimate of drug-likeness (QED) is 0.838. The summed E-state index contributed by atoms with van der Waals surface area (Å²) < 4.78 is 12.4. The van der Waals surface area contributed by atoms with Gasteiger partial charge in [-0.15, -0.1) is 0 Å². The van der Waals surface area contributed by atoms with Crippen molar-refractivity contribution in [2.24, 2.45) is 7.05 Å². The number of fused-ring (bicyclic) bond motifs is 1. The van der Waals surface area contributed by atoms with E-state index in [2.05, 4.69) is 15.7 Å². The first-order valence-electron chi connectivity index (χ1n) is 6.14. The third-order valence-corrected chi connectivity index (χ3v) is 3.23. The zero-order chi connectivity index (χ0) is 13.9. The molecule has 0 bridgehead atoms. The van der Waals surface area contributed by atoms with Crippen LogP contribution < -0.4 is 20.1 Å². The molecule has 0 atom stereocenters. The van der Waals surface area contributed by atoms with Gasteiger partial charge < -0.3 is 20.1 Å². The standard InChI is InChI=1S/C13H14N4O2S/c1-17-10(4-5-15-17)7-14-13(20)16-9-2-3-11-12(6-9)19-8-18-11/h2-6H,7-8H2,1H3,(H2,14,16,20). The summed E-state index contributed by atoms with van der Waals surface area (Å²) in [5.74, 6) is 1.48. The van der Waals surface area contributed by atoms with E-state index in [9.17, 15) is 0 Å². The van der Waals surface area contributed by atoms with Gasteiger partial charge in [0.05, 0.1) is 12.2 Å². The van der Waals surface area contributed by atoms with Crippen molar-refractivity contribution in [3.05, 3.63) is 36.2 Å². The Balaban J connectivity index is 1.58. The van der Waals surface area contributed by atoms with Crippen LogP contribution in [0.3, 0.4) is 0 Å². The Morgan fingerprint density at radius 3 is 3.00 bits per heavy atom. The van der Waals surface area contributed by atoms with Crippen LogP contribution in [-0.2, 0) is 13.6 Å². The molecule has 1 aromatic carbocycles. The Morgan fingerprint density at radius 1 is 1.35 bits per heavy atom. The second kappa shape index (κ2) is 5.38. The number of aryl methyl sites for hydroxylation is 1. The van der Waals surface area contributed by atoms with Crippen LogP contribution in [0.4, 0.5) is 5.69 Å². The van der Waals surface area contributed by atoms with E-state index in [-0.39, 0.29) is 6.79 Å². The van der Waals surface area contributed by atoms with Crippen LogP contribution in [0.2, 0.25) is 0 Å². The van der Waals surface area contributed by atoms with Crippen LogP contribution in [0.15, 0.2) is 30.5 Å². The summed E-state index contributed by atoms with van der Waals surface area (Å²) in [5, 5.41) is 10.9. The van der Waals surface area contributed by atoms with E-state index in [1.165, 1.54) is 0 Å². The fourth-order valence-electron chi connectivity index (χ4n) is 1.90. The maximum Gasteiger partial charge on any atom is 0.231 e. The molecule has 2 N–H and O–H groups in total. The number of ether oxygens (including phenoxy) is 2. The molecule has 20 heavy (non-hydrogen) atoms. The van der Waals surface area contributed by atoms with Crippen LogP contribution >= 0.6 is 12.2 Å². The minimum absolute atomic E-state index is 0.266. The molecule has 1 aliphatic rings. The number of rotatable bonds is 3. The number of hydrogen-bond acceptors (Lipinski definition) is 4. The highest BCUT2D eigenvalue weighted by molar-refractivity contribution is 7.80. The van der Waals surface area contributed by atoms with Crippen molar-refractivity contribution in [2.75, 3.05) is 12.1 Å². The topological polar surface area (TPSA) is 60.3 Å². The van der Waals surface area contributed by atoms with Gasteiger partial charge in [-0.2, -0.15) is 5.10 Å². The summed E-state index contributed by atoms with van der Waals surface area (Å²) in [6.45, 7) is 0.884. The van der Waals surface area contributed by atoms with Gasteiger partial charge >= 0.3 is 0 Å². The molecule has 6 nitrogen and oxygen atoms in total. The lowest BCUT2D eigenvalue weighted by atomic mass is 10.3. The van der Waals surface area contributed by atoms with Gasteiger partial charge in [-0.05, 0) is 30.4 Å². The number of nitrogens with one attached hydrogen (secondary N) is 2. The van der Waals surface area contributed by atoms with E-state index in [4.69, 9.17) is 21.7 Å². The molecule has 0 fully saturated rings. The minimum atomic E-state index is 0.266. The fourth-order valence-corrected chi connectivity index (χ4v) is 2.09. The van der Waals surface area contributed by atoms with Crippen molar-refractivity contribution in [3.63, 3.8) is 0 Å². The van der Waals surface area contributed by atoms with E-state index in [0.717, 1.165) is 22.9 Å². The molecule has 7 heteroatoms. The molecule has 1 aromatic heterocycles. The molecule has 0 amide bonds. The van der Waals surface area contributed by atoms with Gasteiger partial charge in [0.25, 0.3) is 0 Å². The molecule has 104 valence electrons. The molecular weight excluding hydrogens is 276 g/mol. The molecule has 0 aliphatic carbocycles. The van der Waals surface area contributed by atoms with E-state index in [1.54, 1.807) is 10.9 Å². The van der Waals surface area contributed by atoms with E-state index in [1.807, 2.05) is 31.3 Å². The normalized spacial score (nSPS) is 12.2. The summed E-state index contributed by atoms with van der Waals surface area (Å²) >= 11 is 5.26. The lowest BCUT2D eigenvalue weighted by Crippen LogP contribution is -2.28. The maximum atomic E-state index is 5.32. The first kappa shape index (κ1) is 12.7. The first-order valence-corrected chi connectivity index (χ1v) is 6.54. The Bertz CT molecular complexity index is 641. The molecule has 0 spiro atoms. The molecule has 0 saturated carbocycles. The molecular formula is C13H14N4O2S. The maximum absolute atomic E-state index is 5.32. The van der Waals surface area contributed by atoms with Gasteiger partial charge in [-0.1, -0.05) is 0 Å². The Labute approximate surface area is 121 Å². The Hall–Kier alpha value is -2.28. The number of anilines is 1. The number of nitrogens with zero attached hydrogens (tertiary/aromatic N) is 2. The average Bonchev–Trinajstić information content (AvgIpc) is 3.04. The number of thiocarbonyl (C=S) groups is 1. The van der Waals surface area contributed by atoms with Gasteiger partial charge in [0.15, 0.2) is 16.6 Å². The highest BCUT2D eigenvalue weighted by atomic mass is 32.1. The van der Waals surface area contributed by atoms with Crippen LogP contribution in [0, 0.1) is 0 Å². The van der Waals surface area contributed by atoms with Crippen molar-refractivity contribution in [2.45, 2.75) is 6.54 Å². The molecule has 3 rings (SSSR count). The lowest BCUT2D eigenvalue weighted by Gasteiger charge is -2.11. The predicted molar refractivity (Wildman–Crippen MR) is 78.8 cm³/mol. The summed E-state index contributed by atoms with van der Waals surface area (Å²) in [6.07, 6.45) is 1.76. The second-order valence-electron chi connectivity index (χ2n) is 4.32. The second-order valence-corrected chi connectivity index (χ2v) is 4.73. The van der Waals surface area contributed by atoms with Crippen LogP contribution in [0.1, 0.15) is 5.69 Å². The Kier molecular flexibility index (Phi) is 3.42. The molecule has 0 saturated heterocycles. The summed E-state index contributed by atoms with van der Waals surface area (Å²) in [6, 6.07) is 7.55. The van der Waals surface area contributed by atoms with E-state index < -0.39 is 0 Å². The third kappa shape index (κ3) is 2.67. The highest BCUT2D eigenvalue weighted by Gasteiger charge is 2.13. The van der Waals surface area contributed by atoms with Gasteiger partial charge in [-0.3, -0.25) is 4.68 Å². The van der Waals surface area contributed by atoms with Crippen molar-refractivity contribution < 1.29 is 9.47 Å². The van der Waals surface area contributed by atoms with Crippen molar-refractivity contribution >= 4 is 23.0 Å². The highest BCUT2D eigenvalue weighted by Crippen LogP contribution is 2.34. The van der Waals surface area contributed by atoms with Gasteiger partial charge in [0.1, 0.15) is 0 Å². The number of benzene rings is 1. The summed E-state index contributed by atoms with van der Waals surface area (Å²) in [4.78, 5) is 0. The van der Waals surface area contributed by atoms with Crippen molar-refractivity contribution in [3.8, 4) is 11.5 Å². The predicted octanol–water partition coefficient (Wildman–Crippen LogP) is 1.64. The summed E-state index contributed by atoms with van der Waals surface area (Å²) in [7, 11) is 1.89. The third-order valence-electron chi connectivity index (χ3n) is 2.98. The van der Waals surface area contributed by atoms with Crippen LogP contribution in [-0.4, -0.2) is 21.7 Å².